The van der Waals surface area contributed by atoms with Crippen molar-refractivity contribution < 1.29 is 9.59 Å². The molecule has 0 aliphatic carbocycles. The van der Waals surface area contributed by atoms with Crippen LogP contribution in [-0.2, 0) is 0 Å². The van der Waals surface area contributed by atoms with Gasteiger partial charge in [0.1, 0.15) is 5.69 Å². The fraction of sp³-hybridized carbons (Fsp3) is 0.143. The number of rotatable bonds is 5. The van der Waals surface area contributed by atoms with Gasteiger partial charge in [-0.2, -0.15) is 5.10 Å². The van der Waals surface area contributed by atoms with Gasteiger partial charge in [-0.3, -0.25) is 14.4 Å². The first-order chi connectivity index (χ1) is 11.0. The number of aromatic amines is 1. The molecule has 0 saturated heterocycles. The zero-order chi connectivity index (χ0) is 16.8. The van der Waals surface area contributed by atoms with Gasteiger partial charge >= 0.3 is 0 Å². The molecular weight excluding hydrogens is 343 g/mol. The summed E-state index contributed by atoms with van der Waals surface area (Å²) in [5.74, 6) is -0.787. The number of benzene rings is 1. The second-order valence-electron chi connectivity index (χ2n) is 4.45. The van der Waals surface area contributed by atoms with Crippen LogP contribution in [-0.4, -0.2) is 35.1 Å². The molecule has 0 bridgehead atoms. The Morgan fingerprint density at radius 1 is 1.00 bits per heavy atom. The van der Waals surface area contributed by atoms with Gasteiger partial charge < -0.3 is 10.6 Å². The van der Waals surface area contributed by atoms with E-state index >= 15 is 0 Å². The zero-order valence-electron chi connectivity index (χ0n) is 11.7. The lowest BCUT2D eigenvalue weighted by Crippen LogP contribution is -2.35. The molecule has 0 spiro atoms. The molecule has 0 saturated carbocycles. The Morgan fingerprint density at radius 2 is 1.70 bits per heavy atom. The van der Waals surface area contributed by atoms with Crippen LogP contribution in [0.25, 0.3) is 0 Å². The number of aromatic nitrogens is 2. The standard InChI is InChI=1S/C14H12Cl2N4O3/c15-9-2-1-8(7-10(9)16)13(22)17-5-6-18-14(23)11-3-4-12(21)20-19-11/h1-4,7H,5-6H2,(H,17,22)(H,18,23)(H,20,21). The zero-order valence-corrected chi connectivity index (χ0v) is 13.2. The van der Waals surface area contributed by atoms with Gasteiger partial charge in [0.2, 0.25) is 0 Å². The largest absolute Gasteiger partial charge is 0.350 e. The van der Waals surface area contributed by atoms with Crippen LogP contribution in [0.4, 0.5) is 0 Å². The van der Waals surface area contributed by atoms with E-state index < -0.39 is 11.5 Å². The number of hydrogen-bond acceptors (Lipinski definition) is 4. The molecule has 0 unspecified atom stereocenters. The topological polar surface area (TPSA) is 104 Å². The molecule has 2 aromatic rings. The van der Waals surface area contributed by atoms with Gasteiger partial charge in [0.25, 0.3) is 17.4 Å². The average molecular weight is 355 g/mol. The predicted molar refractivity (Wildman–Crippen MR) is 86.0 cm³/mol. The molecule has 9 heteroatoms. The molecule has 23 heavy (non-hydrogen) atoms. The van der Waals surface area contributed by atoms with Crippen LogP contribution in [0.1, 0.15) is 20.8 Å². The van der Waals surface area contributed by atoms with Gasteiger partial charge in [-0.15, -0.1) is 0 Å². The van der Waals surface area contributed by atoms with E-state index in [1.54, 1.807) is 6.07 Å². The minimum Gasteiger partial charge on any atom is -0.350 e. The molecule has 2 amide bonds. The van der Waals surface area contributed by atoms with Crippen LogP contribution in [0, 0.1) is 0 Å². The summed E-state index contributed by atoms with van der Waals surface area (Å²) in [6.45, 7) is 0.418. The third-order valence-electron chi connectivity index (χ3n) is 2.79. The Balaban J connectivity index is 1.79. The molecule has 0 atom stereocenters. The fourth-order valence-electron chi connectivity index (χ4n) is 1.65. The molecule has 0 radical (unpaired) electrons. The maximum atomic E-state index is 11.9. The molecule has 1 aromatic carbocycles. The van der Waals surface area contributed by atoms with E-state index in [1.165, 1.54) is 24.3 Å². The number of nitrogens with one attached hydrogen (secondary N) is 3. The molecule has 7 nitrogen and oxygen atoms in total. The highest BCUT2D eigenvalue weighted by atomic mass is 35.5. The number of nitrogens with zero attached hydrogens (tertiary/aromatic N) is 1. The van der Waals surface area contributed by atoms with Crippen molar-refractivity contribution >= 4 is 35.0 Å². The number of hydrogen-bond donors (Lipinski definition) is 3. The minimum atomic E-state index is -0.454. The highest BCUT2D eigenvalue weighted by molar-refractivity contribution is 6.42. The molecule has 1 heterocycles. The monoisotopic (exact) mass is 354 g/mol. The Kier molecular flexibility index (Phi) is 5.72. The van der Waals surface area contributed by atoms with Crippen LogP contribution in [0.15, 0.2) is 35.1 Å². The van der Waals surface area contributed by atoms with Crippen LogP contribution >= 0.6 is 23.2 Å². The van der Waals surface area contributed by atoms with E-state index in [4.69, 9.17) is 23.2 Å². The second kappa shape index (κ2) is 7.75. The van der Waals surface area contributed by atoms with Gasteiger partial charge in [-0.1, -0.05) is 23.2 Å². The minimum absolute atomic E-state index is 0.0837. The van der Waals surface area contributed by atoms with Crippen molar-refractivity contribution in [3.8, 4) is 0 Å². The van der Waals surface area contributed by atoms with E-state index in [2.05, 4.69) is 20.8 Å². The van der Waals surface area contributed by atoms with E-state index in [1.807, 2.05) is 0 Å². The first-order valence-corrected chi connectivity index (χ1v) is 7.30. The van der Waals surface area contributed by atoms with Crippen LogP contribution < -0.4 is 16.2 Å². The maximum absolute atomic E-state index is 11.9. The molecule has 3 N–H and O–H groups in total. The summed E-state index contributed by atoms with van der Waals surface area (Å²) in [5, 5.41) is 11.6. The number of halogens is 2. The quantitative estimate of drug-likeness (QED) is 0.702. The Hall–Kier alpha value is -2.38. The lowest BCUT2D eigenvalue weighted by atomic mass is 10.2. The summed E-state index contributed by atoms with van der Waals surface area (Å²) in [4.78, 5) is 34.4. The Morgan fingerprint density at radius 3 is 2.30 bits per heavy atom. The average Bonchev–Trinajstić information content (AvgIpc) is 2.54. The van der Waals surface area contributed by atoms with Crippen molar-refractivity contribution in [3.05, 3.63) is 62.0 Å². The van der Waals surface area contributed by atoms with Gasteiger partial charge in [-0.05, 0) is 24.3 Å². The van der Waals surface area contributed by atoms with Crippen molar-refractivity contribution in [2.45, 2.75) is 0 Å². The van der Waals surface area contributed by atoms with Crippen molar-refractivity contribution in [1.29, 1.82) is 0 Å². The number of carbonyl (C=O) groups excluding carboxylic acids is 2. The maximum Gasteiger partial charge on any atom is 0.271 e. The van der Waals surface area contributed by atoms with Crippen molar-refractivity contribution in [1.82, 2.24) is 20.8 Å². The van der Waals surface area contributed by atoms with Crippen molar-refractivity contribution in [2.24, 2.45) is 0 Å². The normalized spacial score (nSPS) is 10.2. The Labute approximate surface area is 141 Å². The molecular formula is C14H12Cl2N4O3. The lowest BCUT2D eigenvalue weighted by molar-refractivity contribution is 0.0924. The van der Waals surface area contributed by atoms with Gasteiger partial charge in [0.15, 0.2) is 0 Å². The number of H-pyrrole nitrogens is 1. The van der Waals surface area contributed by atoms with Gasteiger partial charge in [0, 0.05) is 24.7 Å². The summed E-state index contributed by atoms with van der Waals surface area (Å²) in [5.41, 5.74) is 0.0591. The molecule has 1 aromatic heterocycles. The van der Waals surface area contributed by atoms with Crippen LogP contribution in [0.3, 0.4) is 0 Å². The summed E-state index contributed by atoms with van der Waals surface area (Å²) in [6.07, 6.45) is 0. The first-order valence-electron chi connectivity index (χ1n) is 6.54. The first kappa shape index (κ1) is 17.0. The summed E-state index contributed by atoms with van der Waals surface area (Å²) in [6, 6.07) is 7.05. The van der Waals surface area contributed by atoms with Gasteiger partial charge in [-0.25, -0.2) is 5.10 Å². The van der Waals surface area contributed by atoms with E-state index in [0.717, 1.165) is 0 Å². The Bertz CT molecular complexity index is 771. The fourth-order valence-corrected chi connectivity index (χ4v) is 1.95. The molecule has 0 fully saturated rings. The molecule has 0 aliphatic rings. The van der Waals surface area contributed by atoms with E-state index in [0.29, 0.717) is 10.6 Å². The van der Waals surface area contributed by atoms with Crippen molar-refractivity contribution in [3.63, 3.8) is 0 Å². The van der Waals surface area contributed by atoms with Gasteiger partial charge in [0.05, 0.1) is 10.0 Å². The molecule has 0 aliphatic heterocycles. The van der Waals surface area contributed by atoms with Crippen LogP contribution in [0.5, 0.6) is 0 Å². The van der Waals surface area contributed by atoms with Crippen LogP contribution in [0.2, 0.25) is 10.0 Å². The molecule has 120 valence electrons. The smallest absolute Gasteiger partial charge is 0.271 e. The number of carbonyl (C=O) groups is 2. The third kappa shape index (κ3) is 4.80. The van der Waals surface area contributed by atoms with E-state index in [-0.39, 0.29) is 29.7 Å². The second-order valence-corrected chi connectivity index (χ2v) is 5.26. The highest BCUT2D eigenvalue weighted by Crippen LogP contribution is 2.22. The molecule has 2 rings (SSSR count). The summed E-state index contributed by atoms with van der Waals surface area (Å²) < 4.78 is 0. The summed E-state index contributed by atoms with van der Waals surface area (Å²) in [7, 11) is 0. The third-order valence-corrected chi connectivity index (χ3v) is 3.53. The highest BCUT2D eigenvalue weighted by Gasteiger charge is 2.09. The number of amides is 2. The lowest BCUT2D eigenvalue weighted by Gasteiger charge is -2.07. The van der Waals surface area contributed by atoms with Crippen molar-refractivity contribution in [2.75, 3.05) is 13.1 Å². The SMILES string of the molecule is O=C(NCCNC(=O)c1ccc(=O)[nH]n1)c1ccc(Cl)c(Cl)c1. The van der Waals surface area contributed by atoms with E-state index in [9.17, 15) is 14.4 Å². The predicted octanol–water partition coefficient (Wildman–Crippen LogP) is 1.24. The summed E-state index contributed by atoms with van der Waals surface area (Å²) >= 11 is 11.6.